The van der Waals surface area contributed by atoms with Crippen LogP contribution in [0.15, 0.2) is 0 Å². The van der Waals surface area contributed by atoms with Crippen LogP contribution >= 0.6 is 0 Å². The topological polar surface area (TPSA) is 49.5 Å². The second-order valence-corrected chi connectivity index (χ2v) is 3.92. The van der Waals surface area contributed by atoms with Gasteiger partial charge in [-0.1, -0.05) is 6.92 Å². The van der Waals surface area contributed by atoms with Crippen molar-refractivity contribution in [1.29, 1.82) is 0 Å². The number of nitrogens with two attached hydrogens (primary N) is 1. The summed E-state index contributed by atoms with van der Waals surface area (Å²) in [7, 11) is 0. The van der Waals surface area contributed by atoms with Crippen LogP contribution in [0.5, 0.6) is 0 Å². The predicted octanol–water partition coefficient (Wildman–Crippen LogP) is 0.570. The Balaban J connectivity index is 2.32. The quantitative estimate of drug-likeness (QED) is 0.675. The second-order valence-electron chi connectivity index (χ2n) is 3.92. The van der Waals surface area contributed by atoms with E-state index in [1.165, 1.54) is 12.8 Å². The summed E-state index contributed by atoms with van der Waals surface area (Å²) in [6, 6.07) is 1.08. The molecule has 0 heterocycles. The summed E-state index contributed by atoms with van der Waals surface area (Å²) in [5.74, 6) is 0. The lowest BCUT2D eigenvalue weighted by Gasteiger charge is -2.35. The van der Waals surface area contributed by atoms with Gasteiger partial charge in [-0.25, -0.2) is 0 Å². The number of hydrogen-bond donors (Lipinski definition) is 2. The van der Waals surface area contributed by atoms with Gasteiger partial charge in [-0.05, 0) is 32.2 Å². The second kappa shape index (κ2) is 5.58. The minimum atomic E-state index is 0.274. The summed E-state index contributed by atoms with van der Waals surface area (Å²) in [4.78, 5) is 2.37. The summed E-state index contributed by atoms with van der Waals surface area (Å²) >= 11 is 0. The molecule has 1 saturated carbocycles. The molecule has 0 aromatic heterocycles. The Hall–Kier alpha value is -0.120. The highest BCUT2D eigenvalue weighted by molar-refractivity contribution is 4.80. The average Bonchev–Trinajstić information content (AvgIpc) is 2.16. The van der Waals surface area contributed by atoms with Crippen molar-refractivity contribution < 1.29 is 5.11 Å². The van der Waals surface area contributed by atoms with E-state index in [2.05, 4.69) is 11.8 Å². The van der Waals surface area contributed by atoms with Crippen LogP contribution in [0.1, 0.15) is 32.6 Å². The fourth-order valence-corrected chi connectivity index (χ4v) is 2.19. The lowest BCUT2D eigenvalue weighted by atomic mass is 9.91. The first-order valence-corrected chi connectivity index (χ1v) is 5.38. The largest absolute Gasteiger partial charge is 0.395 e. The molecule has 1 aliphatic rings. The van der Waals surface area contributed by atoms with Crippen molar-refractivity contribution in [3.05, 3.63) is 0 Å². The third-order valence-corrected chi connectivity index (χ3v) is 3.05. The average molecular weight is 186 g/mol. The van der Waals surface area contributed by atoms with Gasteiger partial charge in [0.05, 0.1) is 6.61 Å². The van der Waals surface area contributed by atoms with Crippen molar-refractivity contribution in [2.75, 3.05) is 19.7 Å². The molecule has 0 saturated heterocycles. The first kappa shape index (κ1) is 11.0. The van der Waals surface area contributed by atoms with Crippen LogP contribution in [0.2, 0.25) is 0 Å². The van der Waals surface area contributed by atoms with Crippen molar-refractivity contribution in [3.63, 3.8) is 0 Å². The van der Waals surface area contributed by atoms with E-state index in [0.29, 0.717) is 12.1 Å². The molecule has 0 spiro atoms. The molecule has 78 valence electrons. The molecule has 0 aliphatic heterocycles. The number of likely N-dealkylation sites (N-methyl/N-ethyl adjacent to an activating group) is 1. The molecule has 0 radical (unpaired) electrons. The number of hydrogen-bond acceptors (Lipinski definition) is 3. The van der Waals surface area contributed by atoms with Crippen molar-refractivity contribution in [2.45, 2.75) is 44.7 Å². The highest BCUT2D eigenvalue weighted by Gasteiger charge is 2.22. The Morgan fingerprint density at radius 3 is 2.38 bits per heavy atom. The Kier molecular flexibility index (Phi) is 4.70. The SMILES string of the molecule is CCN(CCO)C1CCC(N)CC1. The molecular weight excluding hydrogens is 164 g/mol. The summed E-state index contributed by atoms with van der Waals surface area (Å²) in [6.45, 7) is 4.29. The first-order valence-electron chi connectivity index (χ1n) is 5.38. The standard InChI is InChI=1S/C10H22N2O/c1-2-12(7-8-13)10-5-3-9(11)4-6-10/h9-10,13H,2-8,11H2,1H3. The normalized spacial score (nSPS) is 29.5. The van der Waals surface area contributed by atoms with Crippen LogP contribution in [0.3, 0.4) is 0 Å². The van der Waals surface area contributed by atoms with Gasteiger partial charge in [0.15, 0.2) is 0 Å². The zero-order valence-corrected chi connectivity index (χ0v) is 8.58. The van der Waals surface area contributed by atoms with E-state index in [4.69, 9.17) is 10.8 Å². The molecule has 0 aromatic carbocycles. The Bertz CT molecular complexity index is 133. The summed E-state index contributed by atoms with van der Waals surface area (Å²) in [5, 5.41) is 8.88. The minimum Gasteiger partial charge on any atom is -0.395 e. The van der Waals surface area contributed by atoms with Crippen LogP contribution in [0, 0.1) is 0 Å². The molecule has 0 amide bonds. The van der Waals surface area contributed by atoms with E-state index in [0.717, 1.165) is 25.9 Å². The van der Waals surface area contributed by atoms with Crippen molar-refractivity contribution in [3.8, 4) is 0 Å². The van der Waals surface area contributed by atoms with Gasteiger partial charge in [0.1, 0.15) is 0 Å². The zero-order chi connectivity index (χ0) is 9.68. The van der Waals surface area contributed by atoms with Gasteiger partial charge in [-0.3, -0.25) is 4.90 Å². The predicted molar refractivity (Wildman–Crippen MR) is 54.6 cm³/mol. The molecule has 0 bridgehead atoms. The third-order valence-electron chi connectivity index (χ3n) is 3.05. The van der Waals surface area contributed by atoms with E-state index in [9.17, 15) is 0 Å². The highest BCUT2D eigenvalue weighted by atomic mass is 16.3. The maximum Gasteiger partial charge on any atom is 0.0558 e. The minimum absolute atomic E-state index is 0.274. The molecule has 0 unspecified atom stereocenters. The molecule has 0 aromatic rings. The van der Waals surface area contributed by atoms with Crippen molar-refractivity contribution in [2.24, 2.45) is 5.73 Å². The molecule has 3 heteroatoms. The molecule has 1 aliphatic carbocycles. The Morgan fingerprint density at radius 2 is 1.92 bits per heavy atom. The lowest BCUT2D eigenvalue weighted by Crippen LogP contribution is -2.42. The lowest BCUT2D eigenvalue weighted by molar-refractivity contribution is 0.126. The van der Waals surface area contributed by atoms with Crippen LogP contribution in [-0.4, -0.2) is 41.8 Å². The van der Waals surface area contributed by atoms with Gasteiger partial charge in [0.2, 0.25) is 0 Å². The first-order chi connectivity index (χ1) is 6.27. The molecular formula is C10H22N2O. The monoisotopic (exact) mass is 186 g/mol. The van der Waals surface area contributed by atoms with E-state index in [-0.39, 0.29) is 6.61 Å². The van der Waals surface area contributed by atoms with Crippen LogP contribution in [-0.2, 0) is 0 Å². The number of aliphatic hydroxyl groups is 1. The maximum atomic E-state index is 8.88. The Labute approximate surface area is 80.9 Å². The number of nitrogens with zero attached hydrogens (tertiary/aromatic N) is 1. The van der Waals surface area contributed by atoms with Crippen molar-refractivity contribution >= 4 is 0 Å². The molecule has 3 N–H and O–H groups in total. The van der Waals surface area contributed by atoms with E-state index < -0.39 is 0 Å². The van der Waals surface area contributed by atoms with Crippen LogP contribution in [0.4, 0.5) is 0 Å². The zero-order valence-electron chi connectivity index (χ0n) is 8.58. The summed E-state index contributed by atoms with van der Waals surface area (Å²) < 4.78 is 0. The highest BCUT2D eigenvalue weighted by Crippen LogP contribution is 2.21. The smallest absolute Gasteiger partial charge is 0.0558 e. The number of aliphatic hydroxyl groups excluding tert-OH is 1. The van der Waals surface area contributed by atoms with E-state index in [1.54, 1.807) is 0 Å². The summed E-state index contributed by atoms with van der Waals surface area (Å²) in [5.41, 5.74) is 5.84. The van der Waals surface area contributed by atoms with Gasteiger partial charge < -0.3 is 10.8 Å². The van der Waals surface area contributed by atoms with Gasteiger partial charge >= 0.3 is 0 Å². The van der Waals surface area contributed by atoms with Gasteiger partial charge in [0, 0.05) is 18.6 Å². The number of rotatable bonds is 4. The molecule has 3 nitrogen and oxygen atoms in total. The molecule has 1 rings (SSSR count). The van der Waals surface area contributed by atoms with Gasteiger partial charge in [-0.2, -0.15) is 0 Å². The molecule has 13 heavy (non-hydrogen) atoms. The van der Waals surface area contributed by atoms with Gasteiger partial charge in [-0.15, -0.1) is 0 Å². The van der Waals surface area contributed by atoms with Crippen LogP contribution in [0.25, 0.3) is 0 Å². The van der Waals surface area contributed by atoms with Crippen molar-refractivity contribution in [1.82, 2.24) is 4.90 Å². The van der Waals surface area contributed by atoms with Gasteiger partial charge in [0.25, 0.3) is 0 Å². The maximum absolute atomic E-state index is 8.88. The summed E-state index contributed by atoms with van der Waals surface area (Å²) in [6.07, 6.45) is 4.70. The van der Waals surface area contributed by atoms with E-state index >= 15 is 0 Å². The Morgan fingerprint density at radius 1 is 1.31 bits per heavy atom. The molecule has 0 atom stereocenters. The fourth-order valence-electron chi connectivity index (χ4n) is 2.19. The van der Waals surface area contributed by atoms with E-state index in [1.807, 2.05) is 0 Å². The molecule has 1 fully saturated rings. The third kappa shape index (κ3) is 3.25. The fraction of sp³-hybridized carbons (Fsp3) is 1.00. The van der Waals surface area contributed by atoms with Crippen LogP contribution < -0.4 is 5.73 Å².